The molecule has 3 atom stereocenters. The number of aliphatic hydroxyl groups excluding tert-OH is 1. The van der Waals surface area contributed by atoms with Gasteiger partial charge in [0.05, 0.1) is 23.8 Å². The van der Waals surface area contributed by atoms with Crippen molar-refractivity contribution in [3.8, 4) is 5.75 Å². The molecule has 0 amide bonds. The molecule has 1 aliphatic carbocycles. The molecule has 2 aliphatic rings. The van der Waals surface area contributed by atoms with E-state index in [-0.39, 0.29) is 18.3 Å². The number of methoxy groups -OCH3 is 1. The number of aliphatic hydroxyl groups is 1. The number of carboxylic acids is 1. The molecule has 0 bridgehead atoms. The van der Waals surface area contributed by atoms with Crippen molar-refractivity contribution in [3.05, 3.63) is 35.0 Å². The Hall–Kier alpha value is -1.54. The Morgan fingerprint density at radius 1 is 1.29 bits per heavy atom. The second-order valence-corrected chi connectivity index (χ2v) is 11.8. The van der Waals surface area contributed by atoms with E-state index in [0.717, 1.165) is 54.4 Å². The van der Waals surface area contributed by atoms with Gasteiger partial charge in [-0.3, -0.25) is 9.78 Å². The van der Waals surface area contributed by atoms with Crippen LogP contribution in [-0.2, 0) is 4.79 Å². The van der Waals surface area contributed by atoms with E-state index in [1.807, 2.05) is 18.2 Å². The average molecular weight is 521 g/mol. The molecule has 2 unspecified atom stereocenters. The zero-order valence-electron chi connectivity index (χ0n) is 20.5. The van der Waals surface area contributed by atoms with Crippen molar-refractivity contribution in [2.75, 3.05) is 32.5 Å². The number of hydrogen-bond acceptors (Lipinski definition) is 6. The van der Waals surface area contributed by atoms with Gasteiger partial charge in [-0.15, -0.1) is 0 Å². The van der Waals surface area contributed by atoms with Gasteiger partial charge in [0.1, 0.15) is 5.75 Å². The third-order valence-corrected chi connectivity index (χ3v) is 9.35. The molecule has 4 rings (SSSR count). The van der Waals surface area contributed by atoms with Crippen molar-refractivity contribution in [3.63, 3.8) is 0 Å². The van der Waals surface area contributed by atoms with E-state index in [9.17, 15) is 15.0 Å². The molecule has 6 nitrogen and oxygen atoms in total. The number of hydrogen-bond donors (Lipinski definition) is 2. The van der Waals surface area contributed by atoms with Crippen LogP contribution < -0.4 is 4.74 Å². The van der Waals surface area contributed by atoms with Crippen LogP contribution in [-0.4, -0.2) is 63.8 Å². The highest BCUT2D eigenvalue weighted by molar-refractivity contribution is 7.99. The molecule has 2 heterocycles. The largest absolute Gasteiger partial charge is 0.497 e. The van der Waals surface area contributed by atoms with Crippen molar-refractivity contribution < 1.29 is 19.7 Å². The van der Waals surface area contributed by atoms with E-state index in [4.69, 9.17) is 16.3 Å². The number of piperidine rings is 1. The fourth-order valence-corrected chi connectivity index (χ4v) is 7.39. The Bertz CT molecular complexity index is 1000. The second kappa shape index (κ2) is 12.6. The van der Waals surface area contributed by atoms with Gasteiger partial charge in [0.25, 0.3) is 0 Å². The third kappa shape index (κ3) is 7.03. The van der Waals surface area contributed by atoms with E-state index >= 15 is 0 Å². The first-order valence-electron chi connectivity index (χ1n) is 12.8. The van der Waals surface area contributed by atoms with Gasteiger partial charge in [-0.2, -0.15) is 11.8 Å². The molecule has 1 aromatic heterocycles. The lowest BCUT2D eigenvalue weighted by Crippen LogP contribution is -2.42. The third-order valence-electron chi connectivity index (χ3n) is 7.69. The number of halogens is 1. The summed E-state index contributed by atoms with van der Waals surface area (Å²) in [6.07, 6.45) is 8.73. The Labute approximate surface area is 217 Å². The summed E-state index contributed by atoms with van der Waals surface area (Å²) in [6, 6.07) is 5.57. The highest BCUT2D eigenvalue weighted by Gasteiger charge is 2.31. The molecule has 1 aliphatic heterocycles. The standard InChI is InChI=1S/C27H37ClN2O4S/c1-34-20-7-8-24-22(15-20)27(23(28)16-29-24)25(31)9-6-18-10-11-30(17-19(18)14-26(32)33)12-13-35-21-4-2-3-5-21/h7-8,15-16,18-19,21,25,31H,2-6,9-14,17H2,1H3,(H,32,33)/t18?,19?,25-/m1/s1. The molecule has 1 saturated carbocycles. The SMILES string of the molecule is COc1ccc2ncc(Cl)c([C@H](O)CCC3CCN(CCSC4CCCC4)CC3CC(=O)O)c2c1. The van der Waals surface area contributed by atoms with Crippen LogP contribution in [0.1, 0.15) is 63.0 Å². The molecule has 1 aromatic carbocycles. The highest BCUT2D eigenvalue weighted by atomic mass is 35.5. The lowest BCUT2D eigenvalue weighted by atomic mass is 9.79. The van der Waals surface area contributed by atoms with E-state index in [2.05, 4.69) is 21.6 Å². The minimum absolute atomic E-state index is 0.106. The fraction of sp³-hybridized carbons (Fsp3) is 0.630. The molecule has 2 fully saturated rings. The van der Waals surface area contributed by atoms with Gasteiger partial charge in [-0.1, -0.05) is 24.4 Å². The second-order valence-electron chi connectivity index (χ2n) is 9.98. The molecular weight excluding hydrogens is 484 g/mol. The lowest BCUT2D eigenvalue weighted by Gasteiger charge is -2.38. The first-order valence-corrected chi connectivity index (χ1v) is 14.2. The van der Waals surface area contributed by atoms with Crippen LogP contribution in [0, 0.1) is 11.8 Å². The van der Waals surface area contributed by atoms with Gasteiger partial charge in [-0.25, -0.2) is 0 Å². The van der Waals surface area contributed by atoms with Crippen LogP contribution in [0.25, 0.3) is 10.9 Å². The zero-order valence-corrected chi connectivity index (χ0v) is 22.1. The van der Waals surface area contributed by atoms with Crippen LogP contribution in [0.5, 0.6) is 5.75 Å². The maximum atomic E-state index is 11.6. The van der Waals surface area contributed by atoms with Crippen molar-refractivity contribution in [1.29, 1.82) is 0 Å². The van der Waals surface area contributed by atoms with Crippen LogP contribution in [0.2, 0.25) is 5.02 Å². The normalized spacial score (nSPS) is 22.5. The predicted molar refractivity (Wildman–Crippen MR) is 143 cm³/mol. The molecule has 8 heteroatoms. The molecule has 0 radical (unpaired) electrons. The molecule has 0 spiro atoms. The zero-order chi connectivity index (χ0) is 24.8. The number of fused-ring (bicyclic) bond motifs is 1. The quantitative estimate of drug-likeness (QED) is 0.387. The number of ether oxygens (including phenoxy) is 1. The minimum atomic E-state index is -0.744. The van der Waals surface area contributed by atoms with Crippen molar-refractivity contribution in [2.45, 2.75) is 62.7 Å². The van der Waals surface area contributed by atoms with Gasteiger partial charge < -0.3 is 19.8 Å². The summed E-state index contributed by atoms with van der Waals surface area (Å²) in [5.41, 5.74) is 1.43. The first-order chi connectivity index (χ1) is 16.9. The molecule has 2 aromatic rings. The van der Waals surface area contributed by atoms with Crippen molar-refractivity contribution in [2.24, 2.45) is 11.8 Å². The maximum Gasteiger partial charge on any atom is 0.303 e. The van der Waals surface area contributed by atoms with Crippen LogP contribution >= 0.6 is 23.4 Å². The number of pyridine rings is 1. The Morgan fingerprint density at radius 3 is 2.83 bits per heavy atom. The van der Waals surface area contributed by atoms with Gasteiger partial charge in [0, 0.05) is 47.7 Å². The number of rotatable bonds is 11. The predicted octanol–water partition coefficient (Wildman–Crippen LogP) is 5.80. The molecular formula is C27H37ClN2O4S. The lowest BCUT2D eigenvalue weighted by molar-refractivity contribution is -0.139. The number of thioether (sulfide) groups is 1. The first kappa shape index (κ1) is 26.5. The summed E-state index contributed by atoms with van der Waals surface area (Å²) in [5, 5.41) is 22.7. The summed E-state index contributed by atoms with van der Waals surface area (Å²) in [7, 11) is 1.61. The number of likely N-dealkylation sites (tertiary alicyclic amines) is 1. The summed E-state index contributed by atoms with van der Waals surface area (Å²) >= 11 is 8.57. The Balaban J connectivity index is 1.37. The number of nitrogens with zero attached hydrogens (tertiary/aromatic N) is 2. The molecule has 1 saturated heterocycles. The Morgan fingerprint density at radius 2 is 2.09 bits per heavy atom. The van der Waals surface area contributed by atoms with Crippen LogP contribution in [0.15, 0.2) is 24.4 Å². The monoisotopic (exact) mass is 520 g/mol. The van der Waals surface area contributed by atoms with Gasteiger partial charge >= 0.3 is 5.97 Å². The van der Waals surface area contributed by atoms with E-state index < -0.39 is 12.1 Å². The average Bonchev–Trinajstić information content (AvgIpc) is 3.36. The number of aliphatic carboxylic acids is 1. The van der Waals surface area contributed by atoms with Gasteiger partial charge in [0.15, 0.2) is 0 Å². The summed E-state index contributed by atoms with van der Waals surface area (Å²) in [4.78, 5) is 18.4. The highest BCUT2D eigenvalue weighted by Crippen LogP contribution is 2.37. The van der Waals surface area contributed by atoms with Crippen LogP contribution in [0.4, 0.5) is 0 Å². The molecule has 192 valence electrons. The summed E-state index contributed by atoms with van der Waals surface area (Å²) < 4.78 is 5.36. The minimum Gasteiger partial charge on any atom is -0.497 e. The van der Waals surface area contributed by atoms with E-state index in [1.165, 1.54) is 25.7 Å². The van der Waals surface area contributed by atoms with Crippen molar-refractivity contribution >= 4 is 40.2 Å². The fourth-order valence-electron chi connectivity index (χ4n) is 5.75. The maximum absolute atomic E-state index is 11.6. The van der Waals surface area contributed by atoms with Gasteiger partial charge in [0.2, 0.25) is 0 Å². The number of benzene rings is 1. The number of carbonyl (C=O) groups is 1. The topological polar surface area (TPSA) is 82.9 Å². The van der Waals surface area contributed by atoms with E-state index in [0.29, 0.717) is 22.8 Å². The number of aromatic nitrogens is 1. The van der Waals surface area contributed by atoms with Crippen molar-refractivity contribution in [1.82, 2.24) is 9.88 Å². The molecule has 2 N–H and O–H groups in total. The summed E-state index contributed by atoms with van der Waals surface area (Å²) in [5.74, 6) is 1.47. The summed E-state index contributed by atoms with van der Waals surface area (Å²) in [6.45, 7) is 2.86. The Kier molecular flexibility index (Phi) is 9.56. The molecule has 35 heavy (non-hydrogen) atoms. The van der Waals surface area contributed by atoms with Gasteiger partial charge in [-0.05, 0) is 68.7 Å². The van der Waals surface area contributed by atoms with E-state index in [1.54, 1.807) is 13.3 Å². The smallest absolute Gasteiger partial charge is 0.303 e. The number of carboxylic acid groups (broad SMARTS) is 1. The van der Waals surface area contributed by atoms with Crippen LogP contribution in [0.3, 0.4) is 0 Å².